The van der Waals surface area contributed by atoms with Crippen molar-refractivity contribution in [1.29, 1.82) is 0 Å². The van der Waals surface area contributed by atoms with Gasteiger partial charge < -0.3 is 5.32 Å². The van der Waals surface area contributed by atoms with Gasteiger partial charge >= 0.3 is 0 Å². The zero-order valence-electron chi connectivity index (χ0n) is 11.8. The molecule has 1 unspecified atom stereocenters. The molecule has 1 aliphatic heterocycles. The van der Waals surface area contributed by atoms with Crippen molar-refractivity contribution in [3.63, 3.8) is 0 Å². The summed E-state index contributed by atoms with van der Waals surface area (Å²) in [5.41, 5.74) is 0.694. The fourth-order valence-electron chi connectivity index (χ4n) is 2.31. The van der Waals surface area contributed by atoms with Gasteiger partial charge in [0.25, 0.3) is 0 Å². The van der Waals surface area contributed by atoms with Gasteiger partial charge in [-0.1, -0.05) is 25.5 Å². The van der Waals surface area contributed by atoms with E-state index in [0.29, 0.717) is 22.4 Å². The minimum atomic E-state index is -3.41. The highest BCUT2D eigenvalue weighted by Crippen LogP contribution is 2.26. The minimum Gasteiger partial charge on any atom is -0.383 e. The van der Waals surface area contributed by atoms with Gasteiger partial charge in [-0.3, -0.25) is 0 Å². The van der Waals surface area contributed by atoms with Crippen LogP contribution in [0.4, 0.5) is 5.69 Å². The first-order chi connectivity index (χ1) is 9.63. The Morgan fingerprint density at radius 3 is 2.80 bits per heavy atom. The molecule has 1 aromatic carbocycles. The summed E-state index contributed by atoms with van der Waals surface area (Å²) in [6.07, 6.45) is 3.78. The lowest BCUT2D eigenvalue weighted by Crippen LogP contribution is -2.25. The predicted molar refractivity (Wildman–Crippen MR) is 85.9 cm³/mol. The maximum absolute atomic E-state index is 12.1. The van der Waals surface area contributed by atoms with Crippen LogP contribution in [0.2, 0.25) is 0 Å². The van der Waals surface area contributed by atoms with E-state index in [1.165, 1.54) is 25.0 Å². The van der Waals surface area contributed by atoms with Gasteiger partial charge in [0.2, 0.25) is 10.0 Å². The molecule has 1 atom stereocenters. The van der Waals surface area contributed by atoms with Crippen molar-refractivity contribution >= 4 is 27.5 Å². The Balaban J connectivity index is 2.07. The van der Waals surface area contributed by atoms with Crippen LogP contribution in [0.25, 0.3) is 0 Å². The largest absolute Gasteiger partial charge is 0.383 e. The molecule has 1 heterocycles. The molecule has 0 aromatic heterocycles. The molecule has 1 aromatic rings. The average molecular weight is 314 g/mol. The fourth-order valence-corrected chi connectivity index (χ4v) is 4.77. The number of hydrogen-bond donors (Lipinski definition) is 2. The van der Waals surface area contributed by atoms with E-state index in [1.807, 2.05) is 23.9 Å². The van der Waals surface area contributed by atoms with Crippen LogP contribution >= 0.6 is 11.8 Å². The third-order valence-electron chi connectivity index (χ3n) is 3.31. The lowest BCUT2D eigenvalue weighted by atomic mass is 10.2. The third-order valence-corrected chi connectivity index (χ3v) is 6.31. The number of sulfonamides is 1. The number of benzene rings is 1. The highest BCUT2D eigenvalue weighted by molar-refractivity contribution is 8.00. The molecule has 0 radical (unpaired) electrons. The van der Waals surface area contributed by atoms with Gasteiger partial charge in [-0.25, -0.2) is 13.1 Å². The molecule has 0 aliphatic carbocycles. The second-order valence-electron chi connectivity index (χ2n) is 4.87. The number of anilines is 1. The van der Waals surface area contributed by atoms with Gasteiger partial charge in [0.15, 0.2) is 0 Å². The molecule has 1 saturated heterocycles. The summed E-state index contributed by atoms with van der Waals surface area (Å²) in [7, 11) is -3.41. The summed E-state index contributed by atoms with van der Waals surface area (Å²) in [6.45, 7) is 3.00. The van der Waals surface area contributed by atoms with Crippen molar-refractivity contribution in [2.24, 2.45) is 0 Å². The molecule has 2 N–H and O–H groups in total. The Kier molecular flexibility index (Phi) is 5.74. The van der Waals surface area contributed by atoms with Crippen LogP contribution in [0.3, 0.4) is 0 Å². The van der Waals surface area contributed by atoms with Gasteiger partial charge in [0.1, 0.15) is 4.90 Å². The Labute approximate surface area is 125 Å². The van der Waals surface area contributed by atoms with Crippen LogP contribution in [0.1, 0.15) is 26.2 Å². The molecule has 0 saturated carbocycles. The maximum atomic E-state index is 12.1. The van der Waals surface area contributed by atoms with Crippen LogP contribution in [0, 0.1) is 0 Å². The van der Waals surface area contributed by atoms with E-state index in [9.17, 15) is 8.42 Å². The van der Waals surface area contributed by atoms with Crippen molar-refractivity contribution in [3.05, 3.63) is 24.3 Å². The van der Waals surface area contributed by atoms with Crippen LogP contribution in [-0.2, 0) is 10.0 Å². The first-order valence-electron chi connectivity index (χ1n) is 7.07. The summed E-state index contributed by atoms with van der Waals surface area (Å²) in [5.74, 6) is 1.21. The second-order valence-corrected chi connectivity index (χ2v) is 8.01. The zero-order chi connectivity index (χ0) is 14.4. The first kappa shape index (κ1) is 15.7. The van der Waals surface area contributed by atoms with E-state index < -0.39 is 10.0 Å². The molecule has 0 amide bonds. The van der Waals surface area contributed by atoms with E-state index in [1.54, 1.807) is 19.1 Å². The average Bonchev–Trinajstić information content (AvgIpc) is 2.46. The normalized spacial score (nSPS) is 19.8. The van der Waals surface area contributed by atoms with Crippen molar-refractivity contribution in [2.45, 2.75) is 36.3 Å². The van der Waals surface area contributed by atoms with Crippen LogP contribution in [-0.4, -0.2) is 32.5 Å². The van der Waals surface area contributed by atoms with Gasteiger partial charge in [-0.15, -0.1) is 0 Å². The van der Waals surface area contributed by atoms with Crippen molar-refractivity contribution in [1.82, 2.24) is 4.72 Å². The second kappa shape index (κ2) is 7.33. The maximum Gasteiger partial charge on any atom is 0.242 e. The highest BCUT2D eigenvalue weighted by Gasteiger charge is 2.18. The summed E-state index contributed by atoms with van der Waals surface area (Å²) in [6, 6.07) is 7.10. The smallest absolute Gasteiger partial charge is 0.242 e. The monoisotopic (exact) mass is 314 g/mol. The van der Waals surface area contributed by atoms with Crippen molar-refractivity contribution in [3.8, 4) is 0 Å². The van der Waals surface area contributed by atoms with E-state index in [2.05, 4.69) is 10.0 Å². The predicted octanol–water partition coefficient (Wildman–Crippen LogP) is 2.68. The SMILES string of the molecule is CCNS(=O)(=O)c1ccccc1NCC1CCCCS1. The lowest BCUT2D eigenvalue weighted by molar-refractivity contribution is 0.584. The topological polar surface area (TPSA) is 58.2 Å². The van der Waals surface area contributed by atoms with E-state index in [0.717, 1.165) is 6.54 Å². The molecule has 1 aliphatic rings. The first-order valence-corrected chi connectivity index (χ1v) is 9.61. The summed E-state index contributed by atoms with van der Waals surface area (Å²) >= 11 is 1.98. The minimum absolute atomic E-state index is 0.336. The highest BCUT2D eigenvalue weighted by atomic mass is 32.2. The molecule has 0 bridgehead atoms. The number of thioether (sulfide) groups is 1. The van der Waals surface area contributed by atoms with E-state index in [4.69, 9.17) is 0 Å². The van der Waals surface area contributed by atoms with E-state index in [-0.39, 0.29) is 0 Å². The van der Waals surface area contributed by atoms with E-state index >= 15 is 0 Å². The fraction of sp³-hybridized carbons (Fsp3) is 0.571. The molecule has 4 nitrogen and oxygen atoms in total. The summed E-state index contributed by atoms with van der Waals surface area (Å²) in [5, 5.41) is 3.89. The zero-order valence-corrected chi connectivity index (χ0v) is 13.4. The Morgan fingerprint density at radius 1 is 1.30 bits per heavy atom. The number of hydrogen-bond acceptors (Lipinski definition) is 4. The number of para-hydroxylation sites is 1. The van der Waals surface area contributed by atoms with Crippen molar-refractivity contribution in [2.75, 3.05) is 24.2 Å². The number of nitrogens with one attached hydrogen (secondary N) is 2. The molecular weight excluding hydrogens is 292 g/mol. The Bertz CT molecular complexity index is 526. The van der Waals surface area contributed by atoms with Crippen LogP contribution in [0.15, 0.2) is 29.2 Å². The lowest BCUT2D eigenvalue weighted by Gasteiger charge is -2.22. The third kappa shape index (κ3) is 4.14. The van der Waals surface area contributed by atoms with Crippen LogP contribution < -0.4 is 10.0 Å². The quantitative estimate of drug-likeness (QED) is 0.847. The standard InChI is InChI=1S/C14H22N2O2S2/c1-2-16-20(17,18)14-9-4-3-8-13(14)15-11-12-7-5-6-10-19-12/h3-4,8-9,12,15-16H,2,5-7,10-11H2,1H3. The molecule has 2 rings (SSSR count). The molecule has 0 spiro atoms. The van der Waals surface area contributed by atoms with Crippen LogP contribution in [0.5, 0.6) is 0 Å². The Hall–Kier alpha value is -0.720. The summed E-state index contributed by atoms with van der Waals surface area (Å²) in [4.78, 5) is 0.336. The molecule has 20 heavy (non-hydrogen) atoms. The Morgan fingerprint density at radius 2 is 2.10 bits per heavy atom. The van der Waals surface area contributed by atoms with Crippen molar-refractivity contribution < 1.29 is 8.42 Å². The number of rotatable bonds is 6. The van der Waals surface area contributed by atoms with Gasteiger partial charge in [0, 0.05) is 18.3 Å². The van der Waals surface area contributed by atoms with Gasteiger partial charge in [-0.2, -0.15) is 11.8 Å². The molecule has 6 heteroatoms. The molecular formula is C14H22N2O2S2. The van der Waals surface area contributed by atoms with Gasteiger partial charge in [-0.05, 0) is 30.7 Å². The van der Waals surface area contributed by atoms with Gasteiger partial charge in [0.05, 0.1) is 5.69 Å². The molecule has 112 valence electrons. The summed E-state index contributed by atoms with van der Waals surface area (Å²) < 4.78 is 26.8. The molecule has 1 fully saturated rings.